The van der Waals surface area contributed by atoms with Crippen LogP contribution in [-0.4, -0.2) is 17.2 Å². The zero-order chi connectivity index (χ0) is 16.5. The minimum Gasteiger partial charge on any atom is -0.397 e. The van der Waals surface area contributed by atoms with E-state index in [0.717, 1.165) is 43.7 Å². The number of nitrogen functional groups attached to an aromatic ring is 1. The van der Waals surface area contributed by atoms with Gasteiger partial charge in [-0.1, -0.05) is 19.1 Å². The predicted octanol–water partition coefficient (Wildman–Crippen LogP) is 4.75. The zero-order valence-electron chi connectivity index (χ0n) is 14.6. The van der Waals surface area contributed by atoms with Crippen LogP contribution < -0.4 is 5.73 Å². The van der Waals surface area contributed by atoms with Crippen LogP contribution in [0.25, 0.3) is 5.57 Å². The van der Waals surface area contributed by atoms with Gasteiger partial charge in [-0.05, 0) is 63.7 Å². The van der Waals surface area contributed by atoms with Gasteiger partial charge in [0.15, 0.2) is 0 Å². The minimum absolute atomic E-state index is 0.0266. The first-order chi connectivity index (χ1) is 10.9. The van der Waals surface area contributed by atoms with Gasteiger partial charge in [0.25, 0.3) is 0 Å². The maximum Gasteiger partial charge on any atom is 0.0930 e. The Bertz CT molecular complexity index is 645. The molecule has 1 aromatic heterocycles. The van der Waals surface area contributed by atoms with Gasteiger partial charge >= 0.3 is 0 Å². The Morgan fingerprint density at radius 2 is 2.26 bits per heavy atom. The van der Waals surface area contributed by atoms with E-state index in [1.54, 1.807) is 0 Å². The Morgan fingerprint density at radius 1 is 1.43 bits per heavy atom. The lowest BCUT2D eigenvalue weighted by Crippen LogP contribution is -2.25. The second-order valence-corrected chi connectivity index (χ2v) is 7.63. The van der Waals surface area contributed by atoms with E-state index in [0.29, 0.717) is 5.41 Å². The van der Waals surface area contributed by atoms with Crippen molar-refractivity contribution >= 4 is 11.3 Å². The van der Waals surface area contributed by atoms with Crippen molar-refractivity contribution in [3.63, 3.8) is 0 Å². The van der Waals surface area contributed by atoms with E-state index in [-0.39, 0.29) is 5.60 Å². The fourth-order valence-electron chi connectivity index (χ4n) is 4.06. The van der Waals surface area contributed by atoms with E-state index >= 15 is 0 Å². The molecule has 2 N–H and O–H groups in total. The molecule has 1 fully saturated rings. The molecule has 1 atom stereocenters. The summed E-state index contributed by atoms with van der Waals surface area (Å²) >= 11 is 0. The van der Waals surface area contributed by atoms with E-state index in [4.69, 9.17) is 10.5 Å². The third-order valence-corrected chi connectivity index (χ3v) is 5.12. The molecule has 1 saturated heterocycles. The van der Waals surface area contributed by atoms with E-state index in [1.165, 1.54) is 17.6 Å². The van der Waals surface area contributed by atoms with Crippen molar-refractivity contribution in [1.82, 2.24) is 4.98 Å². The van der Waals surface area contributed by atoms with Crippen molar-refractivity contribution in [2.45, 2.75) is 58.5 Å². The average molecular weight is 312 g/mol. The van der Waals surface area contributed by atoms with Crippen LogP contribution in [0.3, 0.4) is 0 Å². The maximum absolute atomic E-state index is 6.16. The number of nitrogens with zero attached hydrogens (tertiary/aromatic N) is 1. The molecule has 0 saturated carbocycles. The number of ether oxygens (including phenoxy) is 1. The lowest BCUT2D eigenvalue weighted by Gasteiger charge is -2.32. The van der Waals surface area contributed by atoms with Crippen LogP contribution in [0.5, 0.6) is 0 Å². The number of hydrogen-bond acceptors (Lipinski definition) is 3. The molecule has 0 amide bonds. The van der Waals surface area contributed by atoms with E-state index in [9.17, 15) is 0 Å². The van der Waals surface area contributed by atoms with Crippen molar-refractivity contribution < 1.29 is 4.74 Å². The van der Waals surface area contributed by atoms with Crippen LogP contribution in [0.15, 0.2) is 36.1 Å². The lowest BCUT2D eigenvalue weighted by atomic mass is 9.70. The first-order valence-corrected chi connectivity index (χ1v) is 8.69. The molecular formula is C20H28N2O. The second kappa shape index (κ2) is 6.12. The predicted molar refractivity (Wildman–Crippen MR) is 95.9 cm³/mol. The highest BCUT2D eigenvalue weighted by Gasteiger charge is 2.44. The number of anilines is 1. The number of aromatic nitrogens is 1. The summed E-state index contributed by atoms with van der Waals surface area (Å²) in [7, 11) is 0. The summed E-state index contributed by atoms with van der Waals surface area (Å²) in [6.45, 7) is 7.47. The third-order valence-electron chi connectivity index (χ3n) is 5.12. The summed E-state index contributed by atoms with van der Waals surface area (Å²) in [4.78, 5) is 4.53. The van der Waals surface area contributed by atoms with Crippen molar-refractivity contribution in [2.24, 2.45) is 5.41 Å². The molecule has 3 nitrogen and oxygen atoms in total. The van der Waals surface area contributed by atoms with Gasteiger partial charge < -0.3 is 10.5 Å². The van der Waals surface area contributed by atoms with Crippen LogP contribution in [-0.2, 0) is 4.74 Å². The molecule has 1 unspecified atom stereocenters. The normalized spacial score (nSPS) is 27.3. The first-order valence-electron chi connectivity index (χ1n) is 8.69. The average Bonchev–Trinajstić information content (AvgIpc) is 2.82. The fraction of sp³-hybridized carbons (Fsp3) is 0.550. The largest absolute Gasteiger partial charge is 0.397 e. The quantitative estimate of drug-likeness (QED) is 0.876. The van der Waals surface area contributed by atoms with Crippen molar-refractivity contribution in [1.29, 1.82) is 0 Å². The molecule has 1 aliphatic heterocycles. The fourth-order valence-corrected chi connectivity index (χ4v) is 4.06. The smallest absolute Gasteiger partial charge is 0.0930 e. The molecule has 2 aliphatic rings. The molecule has 1 aliphatic carbocycles. The summed E-state index contributed by atoms with van der Waals surface area (Å²) in [5.74, 6) is 0. The van der Waals surface area contributed by atoms with Crippen LogP contribution in [0.1, 0.15) is 58.6 Å². The van der Waals surface area contributed by atoms with Gasteiger partial charge in [-0.2, -0.15) is 0 Å². The molecular weight excluding hydrogens is 284 g/mol. The standard InChI is InChI=1S/C20H28N2O/c1-4-6-16(18-17(21)7-5-12-22-18)15-8-10-20(11-9-15)13-19(2,3)23-14-20/h5-8,12H,4,9-11,13-14,21H2,1-3H3/b16-6+. The highest BCUT2D eigenvalue weighted by molar-refractivity contribution is 5.82. The van der Waals surface area contributed by atoms with Crippen molar-refractivity contribution in [3.8, 4) is 0 Å². The molecule has 3 heteroatoms. The number of allylic oxidation sites excluding steroid dienone is 4. The summed E-state index contributed by atoms with van der Waals surface area (Å²) in [5, 5.41) is 0. The summed E-state index contributed by atoms with van der Waals surface area (Å²) in [6.07, 6.45) is 12.0. The Balaban J connectivity index is 1.85. The molecule has 0 bridgehead atoms. The monoisotopic (exact) mass is 312 g/mol. The van der Waals surface area contributed by atoms with Gasteiger partial charge in [-0.3, -0.25) is 4.98 Å². The summed E-state index contributed by atoms with van der Waals surface area (Å²) in [6, 6.07) is 3.83. The summed E-state index contributed by atoms with van der Waals surface area (Å²) < 4.78 is 6.00. The highest BCUT2D eigenvalue weighted by Crippen LogP contribution is 2.49. The lowest BCUT2D eigenvalue weighted by molar-refractivity contribution is 0.0305. The topological polar surface area (TPSA) is 48.1 Å². The van der Waals surface area contributed by atoms with E-state index in [1.807, 2.05) is 18.3 Å². The summed E-state index contributed by atoms with van der Waals surface area (Å²) in [5.41, 5.74) is 10.8. The first kappa shape index (κ1) is 16.3. The third kappa shape index (κ3) is 3.35. The van der Waals surface area contributed by atoms with Gasteiger partial charge in [0.05, 0.1) is 23.6 Å². The molecule has 0 aromatic carbocycles. The Kier molecular flexibility index (Phi) is 4.33. The minimum atomic E-state index is 0.0266. The van der Waals surface area contributed by atoms with Crippen LogP contribution in [0, 0.1) is 5.41 Å². The molecule has 1 aromatic rings. The van der Waals surface area contributed by atoms with Crippen LogP contribution in [0.4, 0.5) is 5.69 Å². The SMILES string of the molecule is CC/C=C(\C1=CCC2(CC1)COC(C)(C)C2)c1ncccc1N. The van der Waals surface area contributed by atoms with E-state index < -0.39 is 0 Å². The molecule has 3 rings (SSSR count). The number of hydrogen-bond donors (Lipinski definition) is 1. The highest BCUT2D eigenvalue weighted by atomic mass is 16.5. The number of nitrogens with two attached hydrogens (primary N) is 1. The second-order valence-electron chi connectivity index (χ2n) is 7.63. The van der Waals surface area contributed by atoms with Crippen LogP contribution >= 0.6 is 0 Å². The van der Waals surface area contributed by atoms with Gasteiger partial charge in [0.2, 0.25) is 0 Å². The Hall–Kier alpha value is -1.61. The maximum atomic E-state index is 6.16. The van der Waals surface area contributed by atoms with Gasteiger partial charge in [0.1, 0.15) is 0 Å². The van der Waals surface area contributed by atoms with Crippen molar-refractivity contribution in [3.05, 3.63) is 41.7 Å². The molecule has 23 heavy (non-hydrogen) atoms. The number of rotatable bonds is 3. The molecule has 1 spiro atoms. The van der Waals surface area contributed by atoms with Gasteiger partial charge in [0, 0.05) is 17.2 Å². The number of pyridine rings is 1. The van der Waals surface area contributed by atoms with Crippen LogP contribution in [0.2, 0.25) is 0 Å². The zero-order valence-corrected chi connectivity index (χ0v) is 14.6. The van der Waals surface area contributed by atoms with Gasteiger partial charge in [-0.15, -0.1) is 0 Å². The molecule has 2 heterocycles. The Labute approximate surface area is 139 Å². The molecule has 124 valence electrons. The Morgan fingerprint density at radius 3 is 2.83 bits per heavy atom. The van der Waals surface area contributed by atoms with E-state index in [2.05, 4.69) is 37.9 Å². The van der Waals surface area contributed by atoms with Crippen molar-refractivity contribution in [2.75, 3.05) is 12.3 Å². The van der Waals surface area contributed by atoms with Gasteiger partial charge in [-0.25, -0.2) is 0 Å². The molecule has 0 radical (unpaired) electrons.